The summed E-state index contributed by atoms with van der Waals surface area (Å²) in [5.41, 5.74) is 1.03. The number of hydrogen-bond donors (Lipinski definition) is 0. The van der Waals surface area contributed by atoms with Gasteiger partial charge in [-0.15, -0.1) is 0 Å². The first-order valence-corrected chi connectivity index (χ1v) is 6.26. The second-order valence-electron chi connectivity index (χ2n) is 4.31. The maximum absolute atomic E-state index is 11.4. The molecule has 0 saturated carbocycles. The Morgan fingerprint density at radius 2 is 1.94 bits per heavy atom. The molecule has 2 nitrogen and oxygen atoms in total. The molecule has 0 bridgehead atoms. The normalized spacial score (nSPS) is 14.8. The molecule has 0 radical (unpaired) electrons. The van der Waals surface area contributed by atoms with Gasteiger partial charge in [0.05, 0.1) is 6.61 Å². The van der Waals surface area contributed by atoms with Crippen molar-refractivity contribution in [3.05, 3.63) is 42.0 Å². The second kappa shape index (κ2) is 6.24. The van der Waals surface area contributed by atoms with Gasteiger partial charge < -0.3 is 4.74 Å². The van der Waals surface area contributed by atoms with E-state index in [1.54, 1.807) is 0 Å². The highest BCUT2D eigenvalue weighted by Gasteiger charge is 2.13. The van der Waals surface area contributed by atoms with Crippen molar-refractivity contribution < 1.29 is 9.53 Å². The average molecular weight is 230 g/mol. The highest BCUT2D eigenvalue weighted by Crippen LogP contribution is 2.19. The number of rotatable bonds is 6. The van der Waals surface area contributed by atoms with Gasteiger partial charge in [0, 0.05) is 6.42 Å². The van der Waals surface area contributed by atoms with Crippen LogP contribution in [0.3, 0.4) is 0 Å². The summed E-state index contributed by atoms with van der Waals surface area (Å²) in [6, 6.07) is 9.84. The predicted molar refractivity (Wildman–Crippen MR) is 68.1 cm³/mol. The first-order valence-electron chi connectivity index (χ1n) is 6.26. The van der Waals surface area contributed by atoms with Crippen LogP contribution in [-0.2, 0) is 4.79 Å². The first-order chi connectivity index (χ1) is 8.36. The molecule has 0 N–H and O–H groups in total. The Hall–Kier alpha value is -1.57. The topological polar surface area (TPSA) is 26.3 Å². The van der Waals surface area contributed by atoms with Gasteiger partial charge in [0.1, 0.15) is 5.75 Å². The van der Waals surface area contributed by atoms with Gasteiger partial charge >= 0.3 is 0 Å². The Balaban J connectivity index is 1.59. The number of ether oxygens (including phenoxy) is 1. The predicted octanol–water partition coefficient (Wildman–Crippen LogP) is 3.53. The number of benzene rings is 1. The molecule has 0 spiro atoms. The molecule has 0 amide bonds. The largest absolute Gasteiger partial charge is 0.494 e. The van der Waals surface area contributed by atoms with E-state index in [0.717, 1.165) is 50.0 Å². The van der Waals surface area contributed by atoms with Crippen molar-refractivity contribution >= 4 is 5.78 Å². The van der Waals surface area contributed by atoms with E-state index in [0.29, 0.717) is 5.78 Å². The SMILES string of the molecule is O=C1CCC=C1CCCCOc1ccccc1. The van der Waals surface area contributed by atoms with Crippen LogP contribution in [0.5, 0.6) is 5.75 Å². The van der Waals surface area contributed by atoms with E-state index >= 15 is 0 Å². The van der Waals surface area contributed by atoms with Crippen molar-refractivity contribution in [1.82, 2.24) is 0 Å². The summed E-state index contributed by atoms with van der Waals surface area (Å²) in [4.78, 5) is 11.4. The third kappa shape index (κ3) is 3.74. The molecular formula is C15H18O2. The van der Waals surface area contributed by atoms with Crippen LogP contribution in [0.4, 0.5) is 0 Å². The van der Waals surface area contributed by atoms with E-state index in [-0.39, 0.29) is 0 Å². The fourth-order valence-electron chi connectivity index (χ4n) is 2.02. The lowest BCUT2D eigenvalue weighted by Gasteiger charge is -2.05. The lowest BCUT2D eigenvalue weighted by atomic mass is 10.1. The standard InChI is InChI=1S/C15H18O2/c16-15-11-6-8-13(15)7-4-5-12-17-14-9-2-1-3-10-14/h1-3,8-10H,4-7,11-12H2. The molecular weight excluding hydrogens is 212 g/mol. The Bertz CT molecular complexity index is 393. The fraction of sp³-hybridized carbons (Fsp3) is 0.400. The molecule has 0 unspecified atom stereocenters. The van der Waals surface area contributed by atoms with Crippen molar-refractivity contribution in [2.75, 3.05) is 6.61 Å². The summed E-state index contributed by atoms with van der Waals surface area (Å²) < 4.78 is 5.59. The highest BCUT2D eigenvalue weighted by atomic mass is 16.5. The number of ketones is 1. The molecule has 0 saturated heterocycles. The van der Waals surface area contributed by atoms with Crippen molar-refractivity contribution in [2.24, 2.45) is 0 Å². The molecule has 0 heterocycles. The number of unbranched alkanes of at least 4 members (excludes halogenated alkanes) is 1. The molecule has 0 aliphatic heterocycles. The van der Waals surface area contributed by atoms with E-state index in [4.69, 9.17) is 4.74 Å². The summed E-state index contributed by atoms with van der Waals surface area (Å²) in [6.45, 7) is 0.728. The smallest absolute Gasteiger partial charge is 0.158 e. The van der Waals surface area contributed by atoms with Crippen LogP contribution in [0.15, 0.2) is 42.0 Å². The summed E-state index contributed by atoms with van der Waals surface area (Å²) in [5.74, 6) is 1.26. The average Bonchev–Trinajstić information content (AvgIpc) is 2.76. The van der Waals surface area contributed by atoms with E-state index in [2.05, 4.69) is 6.08 Å². The Labute approximate surface area is 102 Å². The van der Waals surface area contributed by atoms with Gasteiger partial charge in [-0.25, -0.2) is 0 Å². The van der Waals surface area contributed by atoms with Crippen LogP contribution in [0.25, 0.3) is 0 Å². The van der Waals surface area contributed by atoms with Gasteiger partial charge in [-0.1, -0.05) is 24.3 Å². The minimum Gasteiger partial charge on any atom is -0.494 e. The molecule has 17 heavy (non-hydrogen) atoms. The number of hydrogen-bond acceptors (Lipinski definition) is 2. The molecule has 2 heteroatoms. The summed E-state index contributed by atoms with van der Waals surface area (Å²) in [7, 11) is 0. The maximum atomic E-state index is 11.4. The van der Waals surface area contributed by atoms with Crippen LogP contribution in [0.1, 0.15) is 32.1 Å². The third-order valence-electron chi connectivity index (χ3n) is 2.97. The number of allylic oxidation sites excluding steroid dienone is 2. The number of para-hydroxylation sites is 1. The third-order valence-corrected chi connectivity index (χ3v) is 2.97. The molecule has 0 atom stereocenters. The zero-order valence-electron chi connectivity index (χ0n) is 10.0. The van der Waals surface area contributed by atoms with Gasteiger partial charge in [0.2, 0.25) is 0 Å². The zero-order chi connectivity index (χ0) is 11.9. The van der Waals surface area contributed by atoms with Crippen LogP contribution in [-0.4, -0.2) is 12.4 Å². The Morgan fingerprint density at radius 3 is 2.65 bits per heavy atom. The van der Waals surface area contributed by atoms with Gasteiger partial charge in [0.25, 0.3) is 0 Å². The van der Waals surface area contributed by atoms with Crippen molar-refractivity contribution in [3.63, 3.8) is 0 Å². The molecule has 1 aliphatic rings. The zero-order valence-corrected chi connectivity index (χ0v) is 10.0. The molecule has 2 rings (SSSR count). The van der Waals surface area contributed by atoms with Gasteiger partial charge in [0.15, 0.2) is 5.78 Å². The van der Waals surface area contributed by atoms with E-state index in [9.17, 15) is 4.79 Å². The van der Waals surface area contributed by atoms with E-state index < -0.39 is 0 Å². The van der Waals surface area contributed by atoms with Gasteiger partial charge in [-0.3, -0.25) is 4.79 Å². The van der Waals surface area contributed by atoms with Crippen LogP contribution >= 0.6 is 0 Å². The Kier molecular flexibility index (Phi) is 4.37. The molecule has 0 aromatic heterocycles. The second-order valence-corrected chi connectivity index (χ2v) is 4.31. The van der Waals surface area contributed by atoms with Crippen LogP contribution < -0.4 is 4.74 Å². The van der Waals surface area contributed by atoms with Crippen LogP contribution in [0.2, 0.25) is 0 Å². The molecule has 1 aromatic carbocycles. The first kappa shape index (κ1) is 11.9. The number of Topliss-reactive ketones (excluding diaryl/α,β-unsaturated/α-hetero) is 1. The lowest BCUT2D eigenvalue weighted by Crippen LogP contribution is -1.99. The summed E-state index contributed by atoms with van der Waals surface area (Å²) in [5, 5.41) is 0. The number of carbonyl (C=O) groups is 1. The monoisotopic (exact) mass is 230 g/mol. The highest BCUT2D eigenvalue weighted by molar-refractivity contribution is 5.97. The minimum atomic E-state index is 0.342. The summed E-state index contributed by atoms with van der Waals surface area (Å²) in [6.07, 6.45) is 6.69. The maximum Gasteiger partial charge on any atom is 0.158 e. The van der Waals surface area contributed by atoms with E-state index in [1.807, 2.05) is 30.3 Å². The van der Waals surface area contributed by atoms with Crippen molar-refractivity contribution in [3.8, 4) is 5.75 Å². The molecule has 1 aromatic rings. The minimum absolute atomic E-state index is 0.342. The molecule has 0 fully saturated rings. The van der Waals surface area contributed by atoms with Gasteiger partial charge in [-0.05, 0) is 43.4 Å². The Morgan fingerprint density at radius 1 is 1.12 bits per heavy atom. The quantitative estimate of drug-likeness (QED) is 0.699. The van der Waals surface area contributed by atoms with E-state index in [1.165, 1.54) is 0 Å². The van der Waals surface area contributed by atoms with Crippen LogP contribution in [0, 0.1) is 0 Å². The van der Waals surface area contributed by atoms with Crippen molar-refractivity contribution in [1.29, 1.82) is 0 Å². The number of carbonyl (C=O) groups excluding carboxylic acids is 1. The molecule has 1 aliphatic carbocycles. The summed E-state index contributed by atoms with van der Waals surface area (Å²) >= 11 is 0. The van der Waals surface area contributed by atoms with Gasteiger partial charge in [-0.2, -0.15) is 0 Å². The van der Waals surface area contributed by atoms with Crippen molar-refractivity contribution in [2.45, 2.75) is 32.1 Å². The lowest BCUT2D eigenvalue weighted by molar-refractivity contribution is -0.115. The molecule has 90 valence electrons. The fourth-order valence-corrected chi connectivity index (χ4v) is 2.02.